The highest BCUT2D eigenvalue weighted by molar-refractivity contribution is 5.76. The minimum atomic E-state index is 0.223. The van der Waals surface area contributed by atoms with Crippen LogP contribution in [0.1, 0.15) is 25.7 Å². The van der Waals surface area contributed by atoms with Gasteiger partial charge in [0.2, 0.25) is 5.91 Å². The second-order valence-corrected chi connectivity index (χ2v) is 4.35. The summed E-state index contributed by atoms with van der Waals surface area (Å²) in [6.07, 6.45) is 4.02. The first-order valence-corrected chi connectivity index (χ1v) is 6.32. The summed E-state index contributed by atoms with van der Waals surface area (Å²) in [6, 6.07) is 9.63. The largest absolute Gasteiger partial charge is 0.493 e. The molecule has 1 aromatic rings. The molecule has 0 aromatic heterocycles. The lowest BCUT2D eigenvalue weighted by atomic mass is 10.1. The van der Waals surface area contributed by atoms with E-state index in [1.165, 1.54) is 6.42 Å². The highest BCUT2D eigenvalue weighted by atomic mass is 16.5. The Morgan fingerprint density at radius 1 is 1.12 bits per heavy atom. The van der Waals surface area contributed by atoms with Crippen LogP contribution in [0.4, 0.5) is 0 Å². The van der Waals surface area contributed by atoms with Crippen molar-refractivity contribution < 1.29 is 9.53 Å². The molecule has 0 N–H and O–H groups in total. The van der Waals surface area contributed by atoms with Crippen molar-refractivity contribution in [3.8, 4) is 5.75 Å². The third-order valence-corrected chi connectivity index (χ3v) is 3.04. The number of carbonyl (C=O) groups excluding carboxylic acids is 1. The second kappa shape index (κ2) is 6.28. The van der Waals surface area contributed by atoms with Crippen molar-refractivity contribution in [1.29, 1.82) is 0 Å². The number of nitrogens with zero attached hydrogens (tertiary/aromatic N) is 1. The van der Waals surface area contributed by atoms with Gasteiger partial charge in [0.15, 0.2) is 0 Å². The van der Waals surface area contributed by atoms with E-state index in [9.17, 15) is 4.79 Å². The first-order valence-electron chi connectivity index (χ1n) is 6.32. The Hall–Kier alpha value is -1.51. The van der Waals surface area contributed by atoms with E-state index in [1.807, 2.05) is 35.2 Å². The van der Waals surface area contributed by atoms with E-state index in [4.69, 9.17) is 4.74 Å². The van der Waals surface area contributed by atoms with Gasteiger partial charge in [0, 0.05) is 13.1 Å². The molecule has 0 saturated carbocycles. The van der Waals surface area contributed by atoms with Crippen LogP contribution >= 0.6 is 0 Å². The van der Waals surface area contributed by atoms with E-state index in [0.29, 0.717) is 13.0 Å². The zero-order valence-corrected chi connectivity index (χ0v) is 10.1. The fourth-order valence-corrected chi connectivity index (χ4v) is 2.07. The van der Waals surface area contributed by atoms with Crippen molar-refractivity contribution >= 4 is 5.91 Å². The fourth-order valence-electron chi connectivity index (χ4n) is 2.07. The molecule has 0 unspecified atom stereocenters. The van der Waals surface area contributed by atoms with Crippen LogP contribution in [0, 0.1) is 0 Å². The molecule has 17 heavy (non-hydrogen) atoms. The van der Waals surface area contributed by atoms with Crippen LogP contribution in [0.25, 0.3) is 0 Å². The molecule has 1 saturated heterocycles. The smallest absolute Gasteiger partial charge is 0.225 e. The van der Waals surface area contributed by atoms with Gasteiger partial charge >= 0.3 is 0 Å². The minimum Gasteiger partial charge on any atom is -0.493 e. The summed E-state index contributed by atoms with van der Waals surface area (Å²) in [7, 11) is 0. The van der Waals surface area contributed by atoms with Crippen LogP contribution < -0.4 is 4.74 Å². The molecule has 1 aliphatic rings. The molecule has 3 heteroatoms. The normalized spacial score (nSPS) is 15.6. The lowest BCUT2D eigenvalue weighted by Crippen LogP contribution is -2.36. The van der Waals surface area contributed by atoms with Crippen molar-refractivity contribution in [2.45, 2.75) is 25.7 Å². The molecule has 0 spiro atoms. The Morgan fingerprint density at radius 2 is 1.82 bits per heavy atom. The van der Waals surface area contributed by atoms with Gasteiger partial charge in [0.05, 0.1) is 13.0 Å². The number of carbonyl (C=O) groups is 1. The molecular weight excluding hydrogens is 214 g/mol. The number of benzene rings is 1. The summed E-state index contributed by atoms with van der Waals surface area (Å²) in [4.78, 5) is 13.8. The van der Waals surface area contributed by atoms with Crippen LogP contribution in [-0.4, -0.2) is 30.5 Å². The molecule has 0 aliphatic carbocycles. The van der Waals surface area contributed by atoms with Crippen LogP contribution in [0.5, 0.6) is 5.75 Å². The predicted molar refractivity (Wildman–Crippen MR) is 67.0 cm³/mol. The lowest BCUT2D eigenvalue weighted by Gasteiger charge is -2.26. The van der Waals surface area contributed by atoms with Crippen LogP contribution in [-0.2, 0) is 4.79 Å². The Bertz CT molecular complexity index is 344. The standard InChI is InChI=1S/C14H19NO2/c16-14(15-10-5-2-6-11-15)9-12-17-13-7-3-1-4-8-13/h1,3-4,7-8H,2,5-6,9-12H2. The number of piperidine rings is 1. The van der Waals surface area contributed by atoms with Crippen molar-refractivity contribution in [3.63, 3.8) is 0 Å². The van der Waals surface area contributed by atoms with Crippen molar-refractivity contribution in [2.75, 3.05) is 19.7 Å². The number of rotatable bonds is 4. The van der Waals surface area contributed by atoms with Gasteiger partial charge in [-0.05, 0) is 31.4 Å². The molecule has 2 rings (SSSR count). The number of ether oxygens (including phenoxy) is 1. The van der Waals surface area contributed by atoms with Gasteiger partial charge in [-0.15, -0.1) is 0 Å². The van der Waals surface area contributed by atoms with Crippen LogP contribution in [0.3, 0.4) is 0 Å². The molecule has 3 nitrogen and oxygen atoms in total. The van der Waals surface area contributed by atoms with Gasteiger partial charge in [-0.1, -0.05) is 18.2 Å². The van der Waals surface area contributed by atoms with E-state index >= 15 is 0 Å². The van der Waals surface area contributed by atoms with E-state index in [2.05, 4.69) is 0 Å². The van der Waals surface area contributed by atoms with Gasteiger partial charge in [0.25, 0.3) is 0 Å². The molecule has 1 fully saturated rings. The topological polar surface area (TPSA) is 29.5 Å². The SMILES string of the molecule is O=C(CCOc1ccccc1)N1CCCCC1. The average molecular weight is 233 g/mol. The third kappa shape index (κ3) is 3.77. The summed E-state index contributed by atoms with van der Waals surface area (Å²) < 4.78 is 5.52. The molecular formula is C14H19NO2. The zero-order chi connectivity index (χ0) is 11.9. The lowest BCUT2D eigenvalue weighted by molar-refractivity contribution is -0.132. The van der Waals surface area contributed by atoms with Crippen molar-refractivity contribution in [3.05, 3.63) is 30.3 Å². The number of likely N-dealkylation sites (tertiary alicyclic amines) is 1. The molecule has 92 valence electrons. The highest BCUT2D eigenvalue weighted by Gasteiger charge is 2.15. The number of hydrogen-bond donors (Lipinski definition) is 0. The number of hydrogen-bond acceptors (Lipinski definition) is 2. The fraction of sp³-hybridized carbons (Fsp3) is 0.500. The van der Waals surface area contributed by atoms with Gasteiger partial charge < -0.3 is 9.64 Å². The first-order chi connectivity index (χ1) is 8.36. The highest BCUT2D eigenvalue weighted by Crippen LogP contribution is 2.11. The Labute approximate surface area is 102 Å². The second-order valence-electron chi connectivity index (χ2n) is 4.35. The number of amides is 1. The maximum absolute atomic E-state index is 11.8. The molecule has 1 aromatic carbocycles. The van der Waals surface area contributed by atoms with E-state index in [1.54, 1.807) is 0 Å². The van der Waals surface area contributed by atoms with Crippen molar-refractivity contribution in [1.82, 2.24) is 4.90 Å². The summed E-state index contributed by atoms with van der Waals surface area (Å²) in [6.45, 7) is 2.31. The van der Waals surface area contributed by atoms with E-state index in [-0.39, 0.29) is 5.91 Å². The maximum Gasteiger partial charge on any atom is 0.225 e. The average Bonchev–Trinajstić information content (AvgIpc) is 2.41. The van der Waals surface area contributed by atoms with E-state index < -0.39 is 0 Å². The van der Waals surface area contributed by atoms with Gasteiger partial charge in [0.1, 0.15) is 5.75 Å². The summed E-state index contributed by atoms with van der Waals surface area (Å²) in [5.41, 5.74) is 0. The van der Waals surface area contributed by atoms with Gasteiger partial charge in [-0.25, -0.2) is 0 Å². The Morgan fingerprint density at radius 3 is 2.53 bits per heavy atom. The molecule has 1 amide bonds. The zero-order valence-electron chi connectivity index (χ0n) is 10.1. The summed E-state index contributed by atoms with van der Waals surface area (Å²) >= 11 is 0. The minimum absolute atomic E-state index is 0.223. The summed E-state index contributed by atoms with van der Waals surface area (Å²) in [5.74, 6) is 1.06. The van der Waals surface area contributed by atoms with E-state index in [0.717, 1.165) is 31.7 Å². The van der Waals surface area contributed by atoms with Gasteiger partial charge in [-0.2, -0.15) is 0 Å². The molecule has 1 aliphatic heterocycles. The van der Waals surface area contributed by atoms with Crippen LogP contribution in [0.2, 0.25) is 0 Å². The third-order valence-electron chi connectivity index (χ3n) is 3.04. The quantitative estimate of drug-likeness (QED) is 0.799. The monoisotopic (exact) mass is 233 g/mol. The molecule has 0 atom stereocenters. The van der Waals surface area contributed by atoms with Gasteiger partial charge in [-0.3, -0.25) is 4.79 Å². The number of para-hydroxylation sites is 1. The Kier molecular flexibility index (Phi) is 4.42. The van der Waals surface area contributed by atoms with Crippen LogP contribution in [0.15, 0.2) is 30.3 Å². The molecule has 0 bridgehead atoms. The first kappa shape index (κ1) is 12.0. The molecule has 0 radical (unpaired) electrons. The molecule has 1 heterocycles. The Balaban J connectivity index is 1.69. The van der Waals surface area contributed by atoms with Crippen molar-refractivity contribution in [2.24, 2.45) is 0 Å². The summed E-state index contributed by atoms with van der Waals surface area (Å²) in [5, 5.41) is 0. The predicted octanol–water partition coefficient (Wildman–Crippen LogP) is 2.47. The maximum atomic E-state index is 11.8.